The van der Waals surface area contributed by atoms with Crippen LogP contribution in [0, 0.1) is 0 Å². The van der Waals surface area contributed by atoms with Gasteiger partial charge in [0.25, 0.3) is 0 Å². The van der Waals surface area contributed by atoms with Gasteiger partial charge in [0.1, 0.15) is 17.9 Å². The Bertz CT molecular complexity index is 593. The molecular weight excluding hydrogens is 252 g/mol. The molecule has 0 bridgehead atoms. The van der Waals surface area contributed by atoms with Crippen LogP contribution in [-0.2, 0) is 19.9 Å². The summed E-state index contributed by atoms with van der Waals surface area (Å²) >= 11 is 0. The average Bonchev–Trinajstić information content (AvgIpc) is 3.06. The Morgan fingerprint density at radius 2 is 2.35 bits per heavy atom. The molecule has 1 N–H and O–H groups in total. The quantitative estimate of drug-likeness (QED) is 0.899. The van der Waals surface area contributed by atoms with Crippen LogP contribution in [0.15, 0.2) is 24.5 Å². The van der Waals surface area contributed by atoms with Gasteiger partial charge in [0.15, 0.2) is 0 Å². The van der Waals surface area contributed by atoms with Gasteiger partial charge in [-0.3, -0.25) is 0 Å². The molecule has 0 saturated carbocycles. The molecule has 0 amide bonds. The Hall–Kier alpha value is -1.88. The zero-order valence-electron chi connectivity index (χ0n) is 12.0. The number of aryl methyl sites for hydroxylation is 2. The number of nitrogens with zero attached hydrogens (tertiary/aromatic N) is 3. The van der Waals surface area contributed by atoms with Crippen LogP contribution in [0.4, 0.5) is 0 Å². The Morgan fingerprint density at radius 1 is 1.45 bits per heavy atom. The molecule has 1 aromatic heterocycles. The summed E-state index contributed by atoms with van der Waals surface area (Å²) in [5.74, 6) is 1.95. The Kier molecular flexibility index (Phi) is 3.69. The minimum Gasteiger partial charge on any atom is -0.497 e. The SMILES string of the molecule is COc1ccc2c(c1)C(NCCc1nncn1C)CC2. The van der Waals surface area contributed by atoms with Crippen molar-refractivity contribution in [2.45, 2.75) is 25.3 Å². The summed E-state index contributed by atoms with van der Waals surface area (Å²) in [5.41, 5.74) is 2.81. The summed E-state index contributed by atoms with van der Waals surface area (Å²) in [4.78, 5) is 0. The van der Waals surface area contributed by atoms with E-state index in [0.29, 0.717) is 6.04 Å². The van der Waals surface area contributed by atoms with E-state index in [-0.39, 0.29) is 0 Å². The molecule has 1 aliphatic rings. The number of hydrogen-bond acceptors (Lipinski definition) is 4. The lowest BCUT2D eigenvalue weighted by atomic mass is 10.1. The number of rotatable bonds is 5. The highest BCUT2D eigenvalue weighted by Gasteiger charge is 2.22. The highest BCUT2D eigenvalue weighted by Crippen LogP contribution is 2.33. The topological polar surface area (TPSA) is 52.0 Å². The van der Waals surface area contributed by atoms with Gasteiger partial charge in [-0.05, 0) is 36.1 Å². The van der Waals surface area contributed by atoms with Crippen molar-refractivity contribution >= 4 is 0 Å². The van der Waals surface area contributed by atoms with Crippen LogP contribution in [-0.4, -0.2) is 28.4 Å². The molecule has 106 valence electrons. The fraction of sp³-hybridized carbons (Fsp3) is 0.467. The fourth-order valence-electron chi connectivity index (χ4n) is 2.81. The van der Waals surface area contributed by atoms with E-state index in [2.05, 4.69) is 27.6 Å². The molecular formula is C15H20N4O. The smallest absolute Gasteiger partial charge is 0.133 e. The average molecular weight is 272 g/mol. The van der Waals surface area contributed by atoms with Crippen LogP contribution in [0.2, 0.25) is 0 Å². The number of hydrogen-bond donors (Lipinski definition) is 1. The van der Waals surface area contributed by atoms with E-state index in [9.17, 15) is 0 Å². The molecule has 3 rings (SSSR count). The van der Waals surface area contributed by atoms with E-state index >= 15 is 0 Å². The van der Waals surface area contributed by atoms with E-state index in [4.69, 9.17) is 4.74 Å². The molecule has 5 nitrogen and oxygen atoms in total. The van der Waals surface area contributed by atoms with Gasteiger partial charge in [-0.1, -0.05) is 6.07 Å². The zero-order chi connectivity index (χ0) is 13.9. The number of aromatic nitrogens is 3. The largest absolute Gasteiger partial charge is 0.497 e. The van der Waals surface area contributed by atoms with Crippen LogP contribution in [0.3, 0.4) is 0 Å². The second kappa shape index (κ2) is 5.63. The maximum atomic E-state index is 5.32. The van der Waals surface area contributed by atoms with Crippen molar-refractivity contribution in [2.24, 2.45) is 7.05 Å². The predicted octanol–water partition coefficient (Wildman–Crippen LogP) is 1.64. The van der Waals surface area contributed by atoms with Crippen molar-refractivity contribution < 1.29 is 4.74 Å². The first-order valence-electron chi connectivity index (χ1n) is 7.01. The summed E-state index contributed by atoms with van der Waals surface area (Å²) in [7, 11) is 3.69. The molecule has 1 heterocycles. The third kappa shape index (κ3) is 2.54. The third-order valence-corrected chi connectivity index (χ3v) is 3.98. The van der Waals surface area contributed by atoms with E-state index in [1.165, 1.54) is 11.1 Å². The number of methoxy groups -OCH3 is 1. The van der Waals surface area contributed by atoms with Gasteiger partial charge in [0.2, 0.25) is 0 Å². The molecule has 1 atom stereocenters. The van der Waals surface area contributed by atoms with Crippen LogP contribution >= 0.6 is 0 Å². The van der Waals surface area contributed by atoms with E-state index in [1.807, 2.05) is 17.7 Å². The van der Waals surface area contributed by atoms with Gasteiger partial charge in [-0.2, -0.15) is 0 Å². The summed E-state index contributed by atoms with van der Waals surface area (Å²) < 4.78 is 7.28. The Morgan fingerprint density at radius 3 is 3.10 bits per heavy atom. The number of fused-ring (bicyclic) bond motifs is 1. The maximum Gasteiger partial charge on any atom is 0.133 e. The number of benzene rings is 1. The van der Waals surface area contributed by atoms with Gasteiger partial charge in [-0.15, -0.1) is 10.2 Å². The molecule has 0 aliphatic heterocycles. The van der Waals surface area contributed by atoms with E-state index in [1.54, 1.807) is 13.4 Å². The van der Waals surface area contributed by atoms with Crippen molar-refractivity contribution in [3.63, 3.8) is 0 Å². The third-order valence-electron chi connectivity index (χ3n) is 3.98. The highest BCUT2D eigenvalue weighted by molar-refractivity contribution is 5.40. The van der Waals surface area contributed by atoms with Crippen molar-refractivity contribution in [1.29, 1.82) is 0 Å². The summed E-state index contributed by atoms with van der Waals surface area (Å²) in [6.07, 6.45) is 4.93. The van der Waals surface area contributed by atoms with E-state index < -0.39 is 0 Å². The van der Waals surface area contributed by atoms with Gasteiger partial charge >= 0.3 is 0 Å². The molecule has 0 radical (unpaired) electrons. The fourth-order valence-corrected chi connectivity index (χ4v) is 2.81. The lowest BCUT2D eigenvalue weighted by molar-refractivity contribution is 0.413. The number of ether oxygens (including phenoxy) is 1. The molecule has 2 aromatic rings. The molecule has 0 saturated heterocycles. The van der Waals surface area contributed by atoms with Gasteiger partial charge in [-0.25, -0.2) is 0 Å². The standard InChI is InChI=1S/C15H20N4O/c1-19-10-17-18-15(19)7-8-16-14-6-4-11-3-5-12(20-2)9-13(11)14/h3,5,9-10,14,16H,4,6-8H2,1-2H3. The van der Waals surface area contributed by atoms with Crippen LogP contribution in [0.25, 0.3) is 0 Å². The monoisotopic (exact) mass is 272 g/mol. The Labute approximate surface area is 119 Å². The summed E-state index contributed by atoms with van der Waals surface area (Å²) in [6.45, 7) is 0.911. The highest BCUT2D eigenvalue weighted by atomic mass is 16.5. The van der Waals surface area contributed by atoms with Crippen molar-refractivity contribution in [2.75, 3.05) is 13.7 Å². The van der Waals surface area contributed by atoms with Crippen molar-refractivity contribution in [1.82, 2.24) is 20.1 Å². The summed E-state index contributed by atoms with van der Waals surface area (Å²) in [6, 6.07) is 6.80. The van der Waals surface area contributed by atoms with Gasteiger partial charge in [0, 0.05) is 26.1 Å². The van der Waals surface area contributed by atoms with Gasteiger partial charge in [0.05, 0.1) is 7.11 Å². The van der Waals surface area contributed by atoms with Gasteiger partial charge < -0.3 is 14.6 Å². The van der Waals surface area contributed by atoms with Crippen LogP contribution < -0.4 is 10.1 Å². The van der Waals surface area contributed by atoms with Crippen LogP contribution in [0.5, 0.6) is 5.75 Å². The first-order chi connectivity index (χ1) is 9.78. The number of nitrogens with one attached hydrogen (secondary N) is 1. The minimum absolute atomic E-state index is 0.424. The molecule has 1 unspecified atom stereocenters. The predicted molar refractivity (Wildman–Crippen MR) is 76.8 cm³/mol. The lowest BCUT2D eigenvalue weighted by Gasteiger charge is -2.14. The molecule has 0 spiro atoms. The van der Waals surface area contributed by atoms with Crippen molar-refractivity contribution in [3.8, 4) is 5.75 Å². The molecule has 1 aliphatic carbocycles. The second-order valence-electron chi connectivity index (χ2n) is 5.22. The first-order valence-corrected chi connectivity index (χ1v) is 7.01. The lowest BCUT2D eigenvalue weighted by Crippen LogP contribution is -2.22. The molecule has 0 fully saturated rings. The van der Waals surface area contributed by atoms with Crippen LogP contribution in [0.1, 0.15) is 29.4 Å². The second-order valence-corrected chi connectivity index (χ2v) is 5.22. The first kappa shape index (κ1) is 13.1. The zero-order valence-corrected chi connectivity index (χ0v) is 12.0. The molecule has 20 heavy (non-hydrogen) atoms. The maximum absolute atomic E-state index is 5.32. The summed E-state index contributed by atoms with van der Waals surface area (Å²) in [5, 5.41) is 11.6. The molecule has 1 aromatic carbocycles. The Balaban J connectivity index is 1.62. The van der Waals surface area contributed by atoms with E-state index in [0.717, 1.165) is 37.4 Å². The van der Waals surface area contributed by atoms with Crippen molar-refractivity contribution in [3.05, 3.63) is 41.5 Å². The minimum atomic E-state index is 0.424. The molecule has 5 heteroatoms. The normalized spacial score (nSPS) is 17.2.